The van der Waals surface area contributed by atoms with E-state index in [9.17, 15) is 15.0 Å². The summed E-state index contributed by atoms with van der Waals surface area (Å²) >= 11 is 0. The van der Waals surface area contributed by atoms with Crippen LogP contribution < -0.4 is 0 Å². The van der Waals surface area contributed by atoms with Crippen molar-refractivity contribution in [3.63, 3.8) is 0 Å². The molecule has 0 aromatic carbocycles. The van der Waals surface area contributed by atoms with Gasteiger partial charge in [-0.3, -0.25) is 9.47 Å². The molecular formula is C30H42O9. The van der Waals surface area contributed by atoms with E-state index in [1.54, 1.807) is 0 Å². The van der Waals surface area contributed by atoms with Crippen LogP contribution in [0, 0.1) is 35.5 Å². The van der Waals surface area contributed by atoms with Crippen molar-refractivity contribution in [3.05, 3.63) is 12.2 Å². The summed E-state index contributed by atoms with van der Waals surface area (Å²) in [4.78, 5) is 14.0. The van der Waals surface area contributed by atoms with E-state index in [1.807, 2.05) is 13.8 Å². The molecule has 7 heterocycles. The van der Waals surface area contributed by atoms with Gasteiger partial charge in [0, 0.05) is 31.1 Å². The standard InChI is InChI=1S/C30H42O9/c1-15(2)18-13-17(4)28-20-19-16(3)11-9-7-6-8-10-12-27(37-28)38-30(18,39-27)21(28)22-26(14-31,34-22)23(32)29(20)24(33)35-25(19,5)36-29/h16-23,31-32H,1,6-14H2,2-5H3/t16-,17+,18-,19+,20-,21+,22-,23+,25-,26?,27?,28-,29-,30?/m0/s1. The van der Waals surface area contributed by atoms with Crippen molar-refractivity contribution in [2.75, 3.05) is 6.61 Å². The van der Waals surface area contributed by atoms with Crippen LogP contribution in [-0.4, -0.2) is 69.3 Å². The molecule has 9 aliphatic rings. The number of epoxide rings is 1. The van der Waals surface area contributed by atoms with E-state index in [2.05, 4.69) is 20.4 Å². The maximum absolute atomic E-state index is 14.0. The molecule has 9 fully saturated rings. The van der Waals surface area contributed by atoms with Gasteiger partial charge in [-0.05, 0) is 31.6 Å². The normalized spacial score (nSPS) is 62.4. The lowest BCUT2D eigenvalue weighted by molar-refractivity contribution is -0.677. The van der Waals surface area contributed by atoms with Crippen molar-refractivity contribution >= 4 is 5.97 Å². The SMILES string of the molecule is C=C(C)[C@@H]1C[C@@H](C)[C@]23OC45CCCCCCC[C@H](C)[C@@H]6[C@@H]2[C@]2(O[C@]6(C)OC2=O)[C@H](O)C2(CO)O[C@H]2[C@H]3C1(O4)O5. The number of ether oxygens (including phenoxy) is 6. The topological polar surface area (TPSA) is 116 Å². The van der Waals surface area contributed by atoms with Gasteiger partial charge in [0.2, 0.25) is 11.4 Å². The van der Waals surface area contributed by atoms with Gasteiger partial charge < -0.3 is 29.2 Å². The second-order valence-electron chi connectivity index (χ2n) is 14.2. The highest BCUT2D eigenvalue weighted by Crippen LogP contribution is 2.79. The zero-order valence-electron chi connectivity index (χ0n) is 23.4. The second kappa shape index (κ2) is 7.46. The number of rotatable bonds is 2. The summed E-state index contributed by atoms with van der Waals surface area (Å²) in [5.74, 6) is -5.42. The first kappa shape index (κ1) is 25.6. The molecule has 4 spiro atoms. The van der Waals surface area contributed by atoms with Crippen LogP contribution in [0.1, 0.15) is 79.1 Å². The summed E-state index contributed by atoms with van der Waals surface area (Å²) in [7, 11) is 0. The third-order valence-electron chi connectivity index (χ3n) is 12.2. The fraction of sp³-hybridized carbons (Fsp3) is 0.900. The van der Waals surface area contributed by atoms with E-state index in [0.29, 0.717) is 12.8 Å². The number of aliphatic hydroxyl groups is 2. The minimum absolute atomic E-state index is 0.0588. The molecule has 9 heteroatoms. The van der Waals surface area contributed by atoms with Crippen LogP contribution in [0.2, 0.25) is 0 Å². The van der Waals surface area contributed by atoms with Gasteiger partial charge in [-0.15, -0.1) is 0 Å². The lowest BCUT2D eigenvalue weighted by Gasteiger charge is -2.75. The van der Waals surface area contributed by atoms with E-state index >= 15 is 0 Å². The largest absolute Gasteiger partial charge is 0.431 e. The molecule has 1 unspecified atom stereocenters. The summed E-state index contributed by atoms with van der Waals surface area (Å²) in [6.07, 6.45) is 5.44. The summed E-state index contributed by atoms with van der Waals surface area (Å²) in [5, 5.41) is 23.0. The van der Waals surface area contributed by atoms with Crippen LogP contribution in [0.15, 0.2) is 12.2 Å². The van der Waals surface area contributed by atoms with Crippen molar-refractivity contribution < 1.29 is 43.4 Å². The first-order valence-corrected chi connectivity index (χ1v) is 15.1. The van der Waals surface area contributed by atoms with Crippen LogP contribution >= 0.6 is 0 Å². The van der Waals surface area contributed by atoms with Gasteiger partial charge in [0.1, 0.15) is 17.8 Å². The van der Waals surface area contributed by atoms with Crippen molar-refractivity contribution in [2.45, 2.75) is 126 Å². The van der Waals surface area contributed by atoms with Crippen molar-refractivity contribution in [2.24, 2.45) is 35.5 Å². The quantitative estimate of drug-likeness (QED) is 0.306. The van der Waals surface area contributed by atoms with Crippen LogP contribution in [0.5, 0.6) is 0 Å². The average Bonchev–Trinajstić information content (AvgIpc) is 3.45. The molecule has 9 rings (SSSR count). The molecule has 0 aromatic heterocycles. The van der Waals surface area contributed by atoms with Crippen LogP contribution in [0.3, 0.4) is 0 Å². The van der Waals surface area contributed by atoms with Crippen molar-refractivity contribution in [3.8, 4) is 0 Å². The second-order valence-corrected chi connectivity index (χ2v) is 14.2. The van der Waals surface area contributed by atoms with Gasteiger partial charge in [0.25, 0.3) is 5.97 Å². The van der Waals surface area contributed by atoms with Crippen LogP contribution in [-0.2, 0) is 33.2 Å². The zero-order valence-corrected chi connectivity index (χ0v) is 23.4. The Balaban J connectivity index is 1.42. The van der Waals surface area contributed by atoms with Crippen molar-refractivity contribution in [1.82, 2.24) is 0 Å². The van der Waals surface area contributed by atoms with E-state index in [4.69, 9.17) is 28.4 Å². The molecule has 7 saturated heterocycles. The van der Waals surface area contributed by atoms with E-state index in [0.717, 1.165) is 44.1 Å². The molecule has 9 nitrogen and oxygen atoms in total. The van der Waals surface area contributed by atoms with E-state index < -0.39 is 71.0 Å². The molecule has 39 heavy (non-hydrogen) atoms. The average molecular weight is 547 g/mol. The number of fused-ring (bicyclic) bond motifs is 3. The maximum Gasteiger partial charge on any atom is 0.344 e. The molecule has 12 atom stereocenters. The Morgan fingerprint density at radius 3 is 2.49 bits per heavy atom. The Labute approximate surface area is 229 Å². The fourth-order valence-corrected chi connectivity index (χ4v) is 10.7. The first-order chi connectivity index (χ1) is 18.5. The lowest BCUT2D eigenvalue weighted by Crippen LogP contribution is -2.87. The predicted molar refractivity (Wildman–Crippen MR) is 134 cm³/mol. The fourth-order valence-electron chi connectivity index (χ4n) is 10.7. The number of aliphatic hydroxyl groups excluding tert-OH is 2. The maximum atomic E-state index is 14.0. The number of carbonyl (C=O) groups excluding carboxylic acids is 1. The minimum atomic E-state index is -1.73. The Bertz CT molecular complexity index is 1130. The molecule has 2 saturated carbocycles. The monoisotopic (exact) mass is 546 g/mol. The highest BCUT2D eigenvalue weighted by atomic mass is 17.0. The molecule has 0 aromatic rings. The van der Waals surface area contributed by atoms with Gasteiger partial charge in [-0.1, -0.05) is 58.1 Å². The molecule has 0 radical (unpaired) electrons. The Hall–Kier alpha value is -1.07. The van der Waals surface area contributed by atoms with E-state index in [-0.39, 0.29) is 23.7 Å². The molecular weight excluding hydrogens is 504 g/mol. The minimum Gasteiger partial charge on any atom is -0.431 e. The molecule has 5 bridgehead atoms. The van der Waals surface area contributed by atoms with Gasteiger partial charge in [0.15, 0.2) is 5.79 Å². The third kappa shape index (κ3) is 2.63. The predicted octanol–water partition coefficient (Wildman–Crippen LogP) is 3.16. The van der Waals surface area contributed by atoms with E-state index in [1.165, 1.54) is 0 Å². The van der Waals surface area contributed by atoms with Gasteiger partial charge in [-0.25, -0.2) is 4.79 Å². The van der Waals surface area contributed by atoms with Crippen molar-refractivity contribution in [1.29, 1.82) is 0 Å². The summed E-state index contributed by atoms with van der Waals surface area (Å²) in [6.45, 7) is 12.1. The molecule has 7 aliphatic heterocycles. The van der Waals surface area contributed by atoms with Crippen LogP contribution in [0.25, 0.3) is 0 Å². The molecule has 2 N–H and O–H groups in total. The zero-order chi connectivity index (χ0) is 27.4. The number of esters is 1. The number of hydrogen-bond acceptors (Lipinski definition) is 9. The Morgan fingerprint density at radius 2 is 1.77 bits per heavy atom. The Kier molecular flexibility index (Phi) is 4.90. The highest BCUT2D eigenvalue weighted by molar-refractivity contribution is 5.85. The lowest BCUT2D eigenvalue weighted by atomic mass is 9.49. The van der Waals surface area contributed by atoms with Gasteiger partial charge in [0.05, 0.1) is 18.1 Å². The summed E-state index contributed by atoms with van der Waals surface area (Å²) in [5.41, 5.74) is -3.14. The van der Waals surface area contributed by atoms with Crippen LogP contribution in [0.4, 0.5) is 0 Å². The number of hydrogen-bond donors (Lipinski definition) is 2. The van der Waals surface area contributed by atoms with Gasteiger partial charge >= 0.3 is 5.97 Å². The summed E-state index contributed by atoms with van der Waals surface area (Å²) in [6, 6.07) is 0. The highest BCUT2D eigenvalue weighted by Gasteiger charge is 2.95. The first-order valence-electron chi connectivity index (χ1n) is 15.1. The molecule has 0 amide bonds. The molecule has 2 aliphatic carbocycles. The molecule has 216 valence electrons. The Morgan fingerprint density at radius 1 is 1.05 bits per heavy atom. The smallest absolute Gasteiger partial charge is 0.344 e. The summed E-state index contributed by atoms with van der Waals surface area (Å²) < 4.78 is 40.0. The van der Waals surface area contributed by atoms with Gasteiger partial charge in [-0.2, -0.15) is 0 Å². The number of carbonyl (C=O) groups is 1. The third-order valence-corrected chi connectivity index (χ3v) is 12.2.